The monoisotopic (exact) mass is 341 g/mol. The predicted octanol–water partition coefficient (Wildman–Crippen LogP) is 1.80. The van der Waals surface area contributed by atoms with Gasteiger partial charge in [-0.3, -0.25) is 14.6 Å². The summed E-state index contributed by atoms with van der Waals surface area (Å²) in [5.74, 6) is 0.501. The molecule has 1 N–H and O–H groups in total. The first-order valence-electron chi connectivity index (χ1n) is 8.12. The minimum Gasteiger partial charge on any atom is -0.497 e. The number of rotatable bonds is 8. The molecule has 0 spiro atoms. The van der Waals surface area contributed by atoms with Crippen LogP contribution >= 0.6 is 0 Å². The van der Waals surface area contributed by atoms with Gasteiger partial charge in [-0.05, 0) is 41.8 Å². The average molecular weight is 341 g/mol. The average Bonchev–Trinajstić information content (AvgIpc) is 2.62. The highest BCUT2D eigenvalue weighted by Gasteiger charge is 2.13. The lowest BCUT2D eigenvalue weighted by molar-refractivity contribution is -0.134. The van der Waals surface area contributed by atoms with Gasteiger partial charge in [0.2, 0.25) is 11.8 Å². The van der Waals surface area contributed by atoms with Crippen LogP contribution in [0.15, 0.2) is 48.8 Å². The summed E-state index contributed by atoms with van der Waals surface area (Å²) >= 11 is 0. The number of benzene rings is 1. The molecule has 1 aromatic carbocycles. The van der Waals surface area contributed by atoms with Crippen LogP contribution in [0.1, 0.15) is 18.1 Å². The summed E-state index contributed by atoms with van der Waals surface area (Å²) in [6, 6.07) is 11.4. The number of hydrogen-bond acceptors (Lipinski definition) is 4. The Morgan fingerprint density at radius 1 is 1.08 bits per heavy atom. The fourth-order valence-electron chi connectivity index (χ4n) is 2.35. The molecule has 0 unspecified atom stereocenters. The van der Waals surface area contributed by atoms with Gasteiger partial charge in [-0.25, -0.2) is 0 Å². The third kappa shape index (κ3) is 6.25. The van der Waals surface area contributed by atoms with E-state index in [0.717, 1.165) is 23.3 Å². The number of carbonyl (C=O) groups excluding carboxylic acids is 2. The number of amides is 2. The lowest BCUT2D eigenvalue weighted by atomic mass is 10.1. The van der Waals surface area contributed by atoms with Crippen molar-refractivity contribution in [1.82, 2.24) is 15.2 Å². The maximum Gasteiger partial charge on any atom is 0.239 e. The first-order valence-corrected chi connectivity index (χ1v) is 8.12. The molecule has 2 amide bonds. The number of aromatic nitrogens is 1. The zero-order chi connectivity index (χ0) is 18.1. The van der Waals surface area contributed by atoms with E-state index in [0.29, 0.717) is 13.1 Å². The molecule has 0 saturated carbocycles. The molecule has 0 bridgehead atoms. The summed E-state index contributed by atoms with van der Waals surface area (Å²) in [5, 5.41) is 2.85. The molecule has 1 aromatic heterocycles. The van der Waals surface area contributed by atoms with Crippen LogP contribution in [-0.2, 0) is 22.6 Å². The summed E-state index contributed by atoms with van der Waals surface area (Å²) in [7, 11) is 1.63. The lowest BCUT2D eigenvalue weighted by Crippen LogP contribution is -2.39. The van der Waals surface area contributed by atoms with Gasteiger partial charge in [-0.2, -0.15) is 0 Å². The van der Waals surface area contributed by atoms with Crippen molar-refractivity contribution in [2.75, 3.05) is 20.2 Å². The van der Waals surface area contributed by atoms with Crippen LogP contribution in [-0.4, -0.2) is 41.9 Å². The van der Waals surface area contributed by atoms with Gasteiger partial charge in [0.25, 0.3) is 0 Å². The minimum absolute atomic E-state index is 0.0419. The summed E-state index contributed by atoms with van der Waals surface area (Å²) < 4.78 is 5.12. The van der Waals surface area contributed by atoms with Crippen molar-refractivity contribution < 1.29 is 14.3 Å². The van der Waals surface area contributed by atoms with Gasteiger partial charge < -0.3 is 15.0 Å². The molecule has 0 radical (unpaired) electrons. The molecule has 1 heterocycles. The summed E-state index contributed by atoms with van der Waals surface area (Å²) in [4.78, 5) is 29.3. The first kappa shape index (κ1) is 18.4. The van der Waals surface area contributed by atoms with Gasteiger partial charge in [0.15, 0.2) is 0 Å². The highest BCUT2D eigenvalue weighted by atomic mass is 16.5. The van der Waals surface area contributed by atoms with Gasteiger partial charge in [0, 0.05) is 32.4 Å². The van der Waals surface area contributed by atoms with Crippen molar-refractivity contribution in [3.05, 3.63) is 59.9 Å². The number of nitrogens with one attached hydrogen (secondary N) is 1. The highest BCUT2D eigenvalue weighted by Crippen LogP contribution is 2.11. The topological polar surface area (TPSA) is 71.5 Å². The Labute approximate surface area is 147 Å². The maximum atomic E-state index is 12.1. The number of hydrogen-bond donors (Lipinski definition) is 1. The molecule has 6 heteroatoms. The molecule has 0 aliphatic carbocycles. The van der Waals surface area contributed by atoms with E-state index in [1.807, 2.05) is 36.4 Å². The third-order valence-corrected chi connectivity index (χ3v) is 3.80. The Bertz CT molecular complexity index is 687. The lowest BCUT2D eigenvalue weighted by Gasteiger charge is -2.20. The minimum atomic E-state index is -0.169. The molecule has 0 saturated heterocycles. The van der Waals surface area contributed by atoms with Gasteiger partial charge in [-0.15, -0.1) is 0 Å². The molecular weight excluding hydrogens is 318 g/mol. The van der Waals surface area contributed by atoms with Gasteiger partial charge in [-0.1, -0.05) is 12.1 Å². The molecule has 6 nitrogen and oxygen atoms in total. The van der Waals surface area contributed by atoms with E-state index in [9.17, 15) is 9.59 Å². The Morgan fingerprint density at radius 3 is 2.36 bits per heavy atom. The number of carbonyl (C=O) groups is 2. The summed E-state index contributed by atoms with van der Waals surface area (Å²) in [5.41, 5.74) is 2.05. The van der Waals surface area contributed by atoms with Crippen LogP contribution in [0.25, 0.3) is 0 Å². The number of ether oxygens (including phenoxy) is 1. The van der Waals surface area contributed by atoms with E-state index in [-0.39, 0.29) is 18.4 Å². The van der Waals surface area contributed by atoms with E-state index in [1.54, 1.807) is 19.5 Å². The maximum absolute atomic E-state index is 12.1. The molecule has 0 atom stereocenters. The van der Waals surface area contributed by atoms with Crippen molar-refractivity contribution in [2.45, 2.75) is 19.9 Å². The van der Waals surface area contributed by atoms with Gasteiger partial charge in [0.05, 0.1) is 13.7 Å². The molecule has 0 aliphatic rings. The molecular formula is C19H23N3O3. The van der Waals surface area contributed by atoms with Crippen LogP contribution in [0.4, 0.5) is 0 Å². The zero-order valence-electron chi connectivity index (χ0n) is 14.6. The number of nitrogens with zero attached hydrogens (tertiary/aromatic N) is 2. The Morgan fingerprint density at radius 2 is 1.76 bits per heavy atom. The normalized spacial score (nSPS) is 10.2. The molecule has 2 aromatic rings. The highest BCUT2D eigenvalue weighted by molar-refractivity contribution is 5.83. The van der Waals surface area contributed by atoms with Crippen molar-refractivity contribution in [1.29, 1.82) is 0 Å². The van der Waals surface area contributed by atoms with E-state index in [4.69, 9.17) is 4.74 Å². The van der Waals surface area contributed by atoms with E-state index in [2.05, 4.69) is 10.3 Å². The first-order chi connectivity index (χ1) is 12.1. The Hall–Kier alpha value is -2.89. The standard InChI is InChI=1S/C19H23N3O3/c1-15(23)22(13-17-7-10-20-11-8-17)14-19(24)21-12-9-16-3-5-18(25-2)6-4-16/h3-8,10-11H,9,12-14H2,1-2H3,(H,21,24). The van der Waals surface area contributed by atoms with Crippen LogP contribution in [0.5, 0.6) is 5.75 Å². The quantitative estimate of drug-likeness (QED) is 0.795. The SMILES string of the molecule is COc1ccc(CCNC(=O)CN(Cc2ccncc2)C(C)=O)cc1. The molecule has 0 fully saturated rings. The number of pyridine rings is 1. The van der Waals surface area contributed by atoms with Crippen LogP contribution in [0, 0.1) is 0 Å². The second-order valence-electron chi connectivity index (χ2n) is 5.68. The summed E-state index contributed by atoms with van der Waals surface area (Å²) in [6.07, 6.45) is 4.06. The molecule has 132 valence electrons. The fraction of sp³-hybridized carbons (Fsp3) is 0.316. The zero-order valence-corrected chi connectivity index (χ0v) is 14.6. The smallest absolute Gasteiger partial charge is 0.239 e. The van der Waals surface area contributed by atoms with E-state index in [1.165, 1.54) is 11.8 Å². The fourth-order valence-corrected chi connectivity index (χ4v) is 2.35. The Balaban J connectivity index is 1.79. The second kappa shape index (κ2) is 9.42. The molecule has 2 rings (SSSR count). The van der Waals surface area contributed by atoms with E-state index >= 15 is 0 Å². The van der Waals surface area contributed by atoms with Crippen molar-refractivity contribution >= 4 is 11.8 Å². The third-order valence-electron chi connectivity index (χ3n) is 3.80. The van der Waals surface area contributed by atoms with E-state index < -0.39 is 0 Å². The van der Waals surface area contributed by atoms with Gasteiger partial charge >= 0.3 is 0 Å². The van der Waals surface area contributed by atoms with Crippen LogP contribution in [0.2, 0.25) is 0 Å². The van der Waals surface area contributed by atoms with Gasteiger partial charge in [0.1, 0.15) is 5.75 Å². The van der Waals surface area contributed by atoms with Crippen molar-refractivity contribution in [3.63, 3.8) is 0 Å². The Kier molecular flexibility index (Phi) is 6.95. The summed E-state index contributed by atoms with van der Waals surface area (Å²) in [6.45, 7) is 2.42. The van der Waals surface area contributed by atoms with Crippen LogP contribution < -0.4 is 10.1 Å². The predicted molar refractivity (Wildman–Crippen MR) is 95.0 cm³/mol. The van der Waals surface area contributed by atoms with Crippen LogP contribution in [0.3, 0.4) is 0 Å². The largest absolute Gasteiger partial charge is 0.497 e. The van der Waals surface area contributed by atoms with Crippen molar-refractivity contribution in [3.8, 4) is 5.75 Å². The molecule has 0 aliphatic heterocycles. The van der Waals surface area contributed by atoms with Crippen molar-refractivity contribution in [2.24, 2.45) is 0 Å². The second-order valence-corrected chi connectivity index (χ2v) is 5.68. The number of methoxy groups -OCH3 is 1. The molecule has 25 heavy (non-hydrogen) atoms.